The van der Waals surface area contributed by atoms with Gasteiger partial charge in [0.25, 0.3) is 0 Å². The number of hydrogen-bond donors (Lipinski definition) is 3. The maximum Gasteiger partial charge on any atom is 0.311 e. The molecule has 0 spiro atoms. The van der Waals surface area contributed by atoms with Crippen LogP contribution in [0.1, 0.15) is 86.0 Å². The van der Waals surface area contributed by atoms with Crippen LogP contribution < -0.4 is 0 Å². The van der Waals surface area contributed by atoms with Crippen LogP contribution in [0.5, 0.6) is 0 Å². The SMILES string of the molecule is CC(C)(C)C(=O)O[C@]1([C@H](O)CO)CC[C@H]2[C@@H]3CCC4C[C@H](O)CC[C@]4(C)[C@H]3C(=O)C[C@@]21C. The van der Waals surface area contributed by atoms with Gasteiger partial charge in [0.1, 0.15) is 17.5 Å². The second kappa shape index (κ2) is 7.78. The van der Waals surface area contributed by atoms with Gasteiger partial charge < -0.3 is 20.1 Å². The number of hydrogen-bond acceptors (Lipinski definition) is 6. The van der Waals surface area contributed by atoms with Gasteiger partial charge >= 0.3 is 5.97 Å². The van der Waals surface area contributed by atoms with Crippen LogP contribution in [0.4, 0.5) is 0 Å². The zero-order valence-corrected chi connectivity index (χ0v) is 20.4. The molecule has 4 saturated carbocycles. The lowest BCUT2D eigenvalue weighted by Crippen LogP contribution is -2.64. The molecule has 182 valence electrons. The van der Waals surface area contributed by atoms with Gasteiger partial charge in [-0.1, -0.05) is 13.8 Å². The number of esters is 1. The molecule has 0 heterocycles. The molecule has 0 saturated heterocycles. The van der Waals surface area contributed by atoms with E-state index in [2.05, 4.69) is 6.92 Å². The molecule has 0 bridgehead atoms. The highest BCUT2D eigenvalue weighted by Gasteiger charge is 2.70. The summed E-state index contributed by atoms with van der Waals surface area (Å²) in [5, 5.41) is 31.2. The van der Waals surface area contributed by atoms with Crippen LogP contribution in [0, 0.1) is 39.9 Å². The van der Waals surface area contributed by atoms with E-state index < -0.39 is 35.1 Å². The molecule has 0 aromatic carbocycles. The van der Waals surface area contributed by atoms with Crippen LogP contribution in [0.15, 0.2) is 0 Å². The molecule has 4 aliphatic rings. The van der Waals surface area contributed by atoms with Crippen molar-refractivity contribution in [2.75, 3.05) is 6.61 Å². The molecule has 6 heteroatoms. The Morgan fingerprint density at radius 1 is 1.16 bits per heavy atom. The second-order valence-electron chi connectivity index (χ2n) is 12.8. The van der Waals surface area contributed by atoms with Crippen molar-refractivity contribution in [3.63, 3.8) is 0 Å². The predicted octanol–water partition coefficient (Wildman–Crippen LogP) is 3.25. The van der Waals surface area contributed by atoms with E-state index >= 15 is 0 Å². The number of Topliss-reactive ketones (excluding diaryl/α,β-unsaturated/α-hetero) is 1. The van der Waals surface area contributed by atoms with Crippen LogP contribution >= 0.6 is 0 Å². The number of aliphatic hydroxyl groups is 3. The van der Waals surface area contributed by atoms with Crippen molar-refractivity contribution >= 4 is 11.8 Å². The van der Waals surface area contributed by atoms with Crippen LogP contribution in [0.3, 0.4) is 0 Å². The Hall–Kier alpha value is -0.980. The number of ether oxygens (including phenoxy) is 1. The zero-order chi connectivity index (χ0) is 23.7. The Bertz CT molecular complexity index is 773. The average Bonchev–Trinajstić information content (AvgIpc) is 2.99. The Balaban J connectivity index is 1.71. The molecule has 32 heavy (non-hydrogen) atoms. The molecule has 0 aromatic rings. The topological polar surface area (TPSA) is 104 Å². The van der Waals surface area contributed by atoms with Crippen molar-refractivity contribution in [1.29, 1.82) is 0 Å². The van der Waals surface area contributed by atoms with Crippen LogP contribution in [-0.4, -0.2) is 51.5 Å². The standard InChI is InChI=1S/C26H42O6/c1-23(2,3)22(31)32-26(20(30)14-27)11-9-18-17-7-6-15-12-16(28)8-10-24(15,4)21(17)19(29)13-25(18,26)5/h15-18,20-21,27-28,30H,6-14H2,1-5H3/t15?,16-,17+,18+,20-,21-,24+,25+,26+/m1/s1. The smallest absolute Gasteiger partial charge is 0.311 e. The number of rotatable bonds is 3. The van der Waals surface area contributed by atoms with E-state index in [4.69, 9.17) is 4.74 Å². The maximum atomic E-state index is 13.9. The van der Waals surface area contributed by atoms with E-state index in [1.54, 1.807) is 20.8 Å². The van der Waals surface area contributed by atoms with Crippen LogP contribution in [0.2, 0.25) is 0 Å². The molecule has 4 fully saturated rings. The molecule has 0 amide bonds. The van der Waals surface area contributed by atoms with Crippen LogP contribution in [0.25, 0.3) is 0 Å². The Morgan fingerprint density at radius 2 is 1.84 bits per heavy atom. The molecule has 6 nitrogen and oxygen atoms in total. The highest BCUT2D eigenvalue weighted by atomic mass is 16.6. The van der Waals surface area contributed by atoms with Gasteiger partial charge in [0, 0.05) is 17.8 Å². The number of carbonyl (C=O) groups is 2. The summed E-state index contributed by atoms with van der Waals surface area (Å²) in [6.07, 6.45) is 4.38. The quantitative estimate of drug-likeness (QED) is 0.570. The molecule has 0 aromatic heterocycles. The highest BCUT2D eigenvalue weighted by Crippen LogP contribution is 2.68. The van der Waals surface area contributed by atoms with E-state index in [9.17, 15) is 24.9 Å². The molecule has 4 rings (SSSR count). The molecule has 0 aliphatic heterocycles. The number of fused-ring (bicyclic) bond motifs is 5. The lowest BCUT2D eigenvalue weighted by Gasteiger charge is -2.61. The summed E-state index contributed by atoms with van der Waals surface area (Å²) in [5.41, 5.74) is -2.79. The predicted molar refractivity (Wildman–Crippen MR) is 119 cm³/mol. The normalized spacial score (nSPS) is 47.2. The molecule has 0 radical (unpaired) electrons. The number of carbonyl (C=O) groups excluding carboxylic acids is 2. The summed E-state index contributed by atoms with van der Waals surface area (Å²) in [5.74, 6) is 0.488. The first-order chi connectivity index (χ1) is 14.8. The Morgan fingerprint density at radius 3 is 2.47 bits per heavy atom. The summed E-state index contributed by atoms with van der Waals surface area (Å²) in [6, 6.07) is 0. The molecule has 9 atom stereocenters. The summed E-state index contributed by atoms with van der Waals surface area (Å²) in [6.45, 7) is 9.11. The molecule has 1 unspecified atom stereocenters. The third-order valence-corrected chi connectivity index (χ3v) is 10.1. The molecule has 3 N–H and O–H groups in total. The second-order valence-corrected chi connectivity index (χ2v) is 12.8. The average molecular weight is 451 g/mol. The number of aliphatic hydroxyl groups excluding tert-OH is 3. The van der Waals surface area contributed by atoms with E-state index in [-0.39, 0.29) is 41.5 Å². The van der Waals surface area contributed by atoms with Crippen molar-refractivity contribution in [3.8, 4) is 0 Å². The lowest BCUT2D eigenvalue weighted by molar-refractivity contribution is -0.223. The first kappa shape index (κ1) is 24.2. The van der Waals surface area contributed by atoms with E-state index in [0.717, 1.165) is 38.5 Å². The fourth-order valence-electron chi connectivity index (χ4n) is 8.32. The summed E-state index contributed by atoms with van der Waals surface area (Å²) in [4.78, 5) is 26.8. The van der Waals surface area contributed by atoms with Crippen molar-refractivity contribution in [1.82, 2.24) is 0 Å². The highest BCUT2D eigenvalue weighted by molar-refractivity contribution is 5.85. The van der Waals surface area contributed by atoms with Crippen molar-refractivity contribution in [2.24, 2.45) is 39.9 Å². The van der Waals surface area contributed by atoms with Gasteiger partial charge in [-0.2, -0.15) is 0 Å². The summed E-state index contributed by atoms with van der Waals surface area (Å²) in [7, 11) is 0. The van der Waals surface area contributed by atoms with Crippen molar-refractivity contribution in [2.45, 2.75) is 104 Å². The zero-order valence-electron chi connectivity index (χ0n) is 20.4. The summed E-state index contributed by atoms with van der Waals surface area (Å²) < 4.78 is 6.13. The molecule has 4 aliphatic carbocycles. The van der Waals surface area contributed by atoms with Crippen molar-refractivity contribution in [3.05, 3.63) is 0 Å². The minimum absolute atomic E-state index is 0.0350. The fourth-order valence-corrected chi connectivity index (χ4v) is 8.32. The lowest BCUT2D eigenvalue weighted by atomic mass is 9.43. The van der Waals surface area contributed by atoms with Gasteiger partial charge in [0.15, 0.2) is 0 Å². The largest absolute Gasteiger partial charge is 0.455 e. The molecular weight excluding hydrogens is 408 g/mol. The van der Waals surface area contributed by atoms with Gasteiger partial charge in [-0.25, -0.2) is 0 Å². The molecular formula is C26H42O6. The van der Waals surface area contributed by atoms with Gasteiger partial charge in [0.05, 0.1) is 18.1 Å². The Kier molecular flexibility index (Phi) is 5.87. The van der Waals surface area contributed by atoms with Gasteiger partial charge in [-0.15, -0.1) is 0 Å². The Labute approximate surface area is 192 Å². The van der Waals surface area contributed by atoms with E-state index in [1.807, 2.05) is 6.92 Å². The minimum Gasteiger partial charge on any atom is -0.455 e. The van der Waals surface area contributed by atoms with Gasteiger partial charge in [-0.3, -0.25) is 9.59 Å². The maximum absolute atomic E-state index is 13.9. The monoisotopic (exact) mass is 450 g/mol. The fraction of sp³-hybridized carbons (Fsp3) is 0.923. The van der Waals surface area contributed by atoms with Crippen LogP contribution in [-0.2, 0) is 14.3 Å². The van der Waals surface area contributed by atoms with Crippen molar-refractivity contribution < 1.29 is 29.6 Å². The van der Waals surface area contributed by atoms with Gasteiger partial charge in [-0.05, 0) is 88.9 Å². The minimum atomic E-state index is -1.25. The first-order valence-corrected chi connectivity index (χ1v) is 12.5. The van der Waals surface area contributed by atoms with E-state index in [0.29, 0.717) is 12.3 Å². The first-order valence-electron chi connectivity index (χ1n) is 12.5. The third kappa shape index (κ3) is 3.31. The third-order valence-electron chi connectivity index (χ3n) is 10.1. The van der Waals surface area contributed by atoms with Gasteiger partial charge in [0.2, 0.25) is 0 Å². The number of ketones is 1. The van der Waals surface area contributed by atoms with E-state index in [1.165, 1.54) is 0 Å². The summed E-state index contributed by atoms with van der Waals surface area (Å²) >= 11 is 0.